The van der Waals surface area contributed by atoms with Crippen molar-refractivity contribution in [3.8, 4) is 11.5 Å². The van der Waals surface area contributed by atoms with Crippen LogP contribution in [0.15, 0.2) is 84.6 Å². The number of anilines is 2. The van der Waals surface area contributed by atoms with Crippen LogP contribution in [0.2, 0.25) is 0 Å². The Kier molecular flexibility index (Phi) is 7.11. The van der Waals surface area contributed by atoms with E-state index < -0.39 is 11.8 Å². The number of nitrogens with one attached hydrogen (secondary N) is 2. The van der Waals surface area contributed by atoms with E-state index in [2.05, 4.69) is 10.6 Å². The number of hydrogen-bond acceptors (Lipinski definition) is 6. The van der Waals surface area contributed by atoms with E-state index in [4.69, 9.17) is 21.7 Å². The summed E-state index contributed by atoms with van der Waals surface area (Å²) in [5.74, 6) is -0.550. The minimum absolute atomic E-state index is 0.0397. The molecule has 0 aliphatic carbocycles. The lowest BCUT2D eigenvalue weighted by molar-refractivity contribution is -0.122. The Hall–Kier alpha value is -4.96. The van der Waals surface area contributed by atoms with Crippen molar-refractivity contribution in [2.24, 2.45) is 0 Å². The maximum Gasteiger partial charge on any atom is 0.270 e. The van der Waals surface area contributed by atoms with Crippen LogP contribution in [0.25, 0.3) is 17.0 Å². The van der Waals surface area contributed by atoms with E-state index in [-0.39, 0.29) is 23.1 Å². The summed E-state index contributed by atoms with van der Waals surface area (Å²) < 4.78 is 12.5. The molecule has 1 fully saturated rings. The van der Waals surface area contributed by atoms with E-state index >= 15 is 0 Å². The van der Waals surface area contributed by atoms with Gasteiger partial charge in [-0.3, -0.25) is 19.7 Å². The molecule has 0 atom stereocenters. The summed E-state index contributed by atoms with van der Waals surface area (Å²) in [7, 11) is 2.99. The minimum atomic E-state index is -0.618. The Labute approximate surface area is 229 Å². The molecule has 0 bridgehead atoms. The number of ether oxygens (including phenoxy) is 2. The van der Waals surface area contributed by atoms with Crippen LogP contribution in [0, 0.1) is 0 Å². The highest BCUT2D eigenvalue weighted by Crippen LogP contribution is 2.35. The third kappa shape index (κ3) is 5.10. The third-order valence-corrected chi connectivity index (χ3v) is 6.50. The molecule has 3 amide bonds. The Morgan fingerprint density at radius 1 is 1.00 bits per heavy atom. The van der Waals surface area contributed by atoms with Gasteiger partial charge in [0, 0.05) is 34.4 Å². The second kappa shape index (κ2) is 10.8. The van der Waals surface area contributed by atoms with Crippen LogP contribution in [0.4, 0.5) is 11.4 Å². The molecule has 39 heavy (non-hydrogen) atoms. The molecule has 5 rings (SSSR count). The molecule has 4 aromatic rings. The second-order valence-electron chi connectivity index (χ2n) is 8.64. The van der Waals surface area contributed by atoms with Gasteiger partial charge in [0.1, 0.15) is 23.6 Å². The second-order valence-corrected chi connectivity index (χ2v) is 9.03. The van der Waals surface area contributed by atoms with Crippen LogP contribution in [0.3, 0.4) is 0 Å². The van der Waals surface area contributed by atoms with Crippen molar-refractivity contribution in [1.82, 2.24) is 9.88 Å². The molecular weight excluding hydrogens is 516 g/mol. The first-order valence-electron chi connectivity index (χ1n) is 12.0. The number of rotatable bonds is 7. The molecule has 0 spiro atoms. The predicted molar refractivity (Wildman–Crippen MR) is 153 cm³/mol. The molecule has 3 aromatic carbocycles. The number of para-hydroxylation sites is 2. The monoisotopic (exact) mass is 540 g/mol. The van der Waals surface area contributed by atoms with Gasteiger partial charge in [0.25, 0.3) is 11.8 Å². The van der Waals surface area contributed by atoms with Crippen LogP contribution in [0.5, 0.6) is 11.5 Å². The number of methoxy groups -OCH3 is 2. The first-order chi connectivity index (χ1) is 18.9. The predicted octanol–water partition coefficient (Wildman–Crippen LogP) is 4.13. The topological polar surface area (TPSA) is 102 Å². The van der Waals surface area contributed by atoms with Gasteiger partial charge in [-0.1, -0.05) is 36.4 Å². The SMILES string of the molecule is COc1ccc(N2C(=O)/C(=C/c3cn(CC(=O)Nc4ccccc4)c4ccccc34)C(=O)NC2=S)c(OC)c1. The van der Waals surface area contributed by atoms with Crippen molar-refractivity contribution in [3.05, 3.63) is 90.1 Å². The van der Waals surface area contributed by atoms with Gasteiger partial charge >= 0.3 is 0 Å². The van der Waals surface area contributed by atoms with Gasteiger partial charge in [0.2, 0.25) is 5.91 Å². The average molecular weight is 541 g/mol. The number of hydrogen-bond donors (Lipinski definition) is 2. The van der Waals surface area contributed by atoms with Crippen LogP contribution in [-0.2, 0) is 20.9 Å². The van der Waals surface area contributed by atoms with Crippen molar-refractivity contribution in [1.29, 1.82) is 0 Å². The van der Waals surface area contributed by atoms with E-state index in [0.717, 1.165) is 10.9 Å². The molecule has 1 aliphatic heterocycles. The quantitative estimate of drug-likeness (QED) is 0.208. The van der Waals surface area contributed by atoms with Crippen LogP contribution >= 0.6 is 12.2 Å². The van der Waals surface area contributed by atoms with Crippen molar-refractivity contribution in [2.45, 2.75) is 6.54 Å². The summed E-state index contributed by atoms with van der Waals surface area (Å²) >= 11 is 5.34. The normalized spacial score (nSPS) is 14.5. The first kappa shape index (κ1) is 25.7. The molecule has 10 heteroatoms. The van der Waals surface area contributed by atoms with Crippen molar-refractivity contribution < 1.29 is 23.9 Å². The average Bonchev–Trinajstić information content (AvgIpc) is 3.28. The molecule has 0 saturated carbocycles. The molecule has 196 valence electrons. The number of nitrogens with zero attached hydrogens (tertiary/aromatic N) is 2. The van der Waals surface area contributed by atoms with Gasteiger partial charge in [-0.2, -0.15) is 0 Å². The van der Waals surface area contributed by atoms with E-state index in [0.29, 0.717) is 28.4 Å². The summed E-state index contributed by atoms with van der Waals surface area (Å²) in [6, 6.07) is 21.6. The maximum atomic E-state index is 13.6. The summed E-state index contributed by atoms with van der Waals surface area (Å²) in [5, 5.41) is 6.18. The summed E-state index contributed by atoms with van der Waals surface area (Å²) in [5.41, 5.74) is 2.32. The standard InChI is InChI=1S/C29H24N4O5S/c1-37-20-12-13-24(25(15-20)38-2)33-28(36)22(27(35)31-29(33)39)14-18-16-32(23-11-7-6-10-21(18)23)17-26(34)30-19-8-4-3-5-9-19/h3-16H,17H2,1-2H3,(H,30,34)(H,31,35,39)/b22-14+. The number of fused-ring (bicyclic) bond motifs is 1. The van der Waals surface area contributed by atoms with E-state index in [9.17, 15) is 14.4 Å². The molecule has 0 unspecified atom stereocenters. The summed E-state index contributed by atoms with van der Waals surface area (Å²) in [6.07, 6.45) is 3.25. The van der Waals surface area contributed by atoms with Gasteiger partial charge in [0.05, 0.1) is 19.9 Å². The lowest BCUT2D eigenvalue weighted by Crippen LogP contribution is -2.54. The molecule has 9 nitrogen and oxygen atoms in total. The fraction of sp³-hybridized carbons (Fsp3) is 0.103. The summed E-state index contributed by atoms with van der Waals surface area (Å²) in [4.78, 5) is 40.6. The zero-order chi connectivity index (χ0) is 27.5. The van der Waals surface area contributed by atoms with Gasteiger partial charge < -0.3 is 19.4 Å². The lowest BCUT2D eigenvalue weighted by atomic mass is 10.1. The van der Waals surface area contributed by atoms with Crippen molar-refractivity contribution in [2.75, 3.05) is 24.4 Å². The van der Waals surface area contributed by atoms with Gasteiger partial charge in [-0.25, -0.2) is 4.90 Å². The highest BCUT2D eigenvalue weighted by Gasteiger charge is 2.36. The van der Waals surface area contributed by atoms with Crippen LogP contribution in [-0.4, -0.2) is 41.6 Å². The first-order valence-corrected chi connectivity index (χ1v) is 12.4. The molecular formula is C29H24N4O5S. The van der Waals surface area contributed by atoms with E-state index in [1.54, 1.807) is 29.0 Å². The molecule has 1 aromatic heterocycles. The largest absolute Gasteiger partial charge is 0.497 e. The number of thiocarbonyl (C=S) groups is 1. The Morgan fingerprint density at radius 3 is 2.49 bits per heavy atom. The van der Waals surface area contributed by atoms with Crippen molar-refractivity contribution >= 4 is 63.4 Å². The van der Waals surface area contributed by atoms with E-state index in [1.807, 2.05) is 54.6 Å². The Balaban J connectivity index is 1.50. The molecule has 1 aliphatic rings. The Morgan fingerprint density at radius 2 is 1.74 bits per heavy atom. The minimum Gasteiger partial charge on any atom is -0.497 e. The third-order valence-electron chi connectivity index (χ3n) is 6.22. The van der Waals surface area contributed by atoms with Crippen LogP contribution < -0.4 is 25.0 Å². The number of aromatic nitrogens is 1. The molecule has 1 saturated heterocycles. The molecule has 2 heterocycles. The fourth-order valence-corrected chi connectivity index (χ4v) is 4.67. The van der Waals surface area contributed by atoms with Gasteiger partial charge in [0.15, 0.2) is 5.11 Å². The maximum absolute atomic E-state index is 13.6. The number of carbonyl (C=O) groups is 3. The van der Waals surface area contributed by atoms with Gasteiger partial charge in [-0.15, -0.1) is 0 Å². The molecule has 0 radical (unpaired) electrons. The lowest BCUT2D eigenvalue weighted by Gasteiger charge is -2.30. The number of carbonyl (C=O) groups excluding carboxylic acids is 3. The zero-order valence-electron chi connectivity index (χ0n) is 21.1. The Bertz CT molecular complexity index is 1640. The van der Waals surface area contributed by atoms with Crippen molar-refractivity contribution in [3.63, 3.8) is 0 Å². The zero-order valence-corrected chi connectivity index (χ0v) is 22.0. The smallest absolute Gasteiger partial charge is 0.270 e. The van der Waals surface area contributed by atoms with Crippen LogP contribution in [0.1, 0.15) is 5.56 Å². The summed E-state index contributed by atoms with van der Waals surface area (Å²) in [6.45, 7) is 0.0397. The molecule has 2 N–H and O–H groups in total. The van der Waals surface area contributed by atoms with Gasteiger partial charge in [-0.05, 0) is 48.6 Å². The number of benzene rings is 3. The highest BCUT2D eigenvalue weighted by molar-refractivity contribution is 7.80. The highest BCUT2D eigenvalue weighted by atomic mass is 32.1. The number of amides is 3. The fourth-order valence-electron chi connectivity index (χ4n) is 4.40. The van der Waals surface area contributed by atoms with E-state index in [1.165, 1.54) is 25.2 Å².